The molecule has 3 heterocycles. The molecular weight excluding hydrogens is 353 g/mol. The molecular formula is C19H20FN3O4. The number of carbonyl (C=O) groups excluding carboxylic acids is 1. The summed E-state index contributed by atoms with van der Waals surface area (Å²) in [7, 11) is 0. The van der Waals surface area contributed by atoms with E-state index < -0.39 is 5.82 Å². The Kier molecular flexibility index (Phi) is 4.22. The number of aldehydes is 1. The smallest absolute Gasteiger partial charge is 0.205 e. The Balaban J connectivity index is 1.91. The third-order valence-corrected chi connectivity index (χ3v) is 4.84. The Morgan fingerprint density at radius 1 is 1.19 bits per heavy atom. The average Bonchev–Trinajstić information content (AvgIpc) is 3.16. The van der Waals surface area contributed by atoms with Gasteiger partial charge in [-0.25, -0.2) is 4.39 Å². The van der Waals surface area contributed by atoms with Crippen molar-refractivity contribution in [2.75, 3.05) is 18.0 Å². The summed E-state index contributed by atoms with van der Waals surface area (Å²) in [6.07, 6.45) is 0.513. The molecule has 1 aliphatic rings. The number of fused-ring (bicyclic) bond motifs is 1. The SMILES string of the molecule is Cc1noc(C)c1-c1noc2c(F)c(N3C[C@@H](C)O[C@@H](C)C3)c(C=O)cc12. The van der Waals surface area contributed by atoms with Crippen molar-refractivity contribution in [3.63, 3.8) is 0 Å². The molecule has 0 radical (unpaired) electrons. The van der Waals surface area contributed by atoms with Crippen LogP contribution in [0.15, 0.2) is 15.1 Å². The zero-order chi connectivity index (χ0) is 19.3. The Labute approximate surface area is 155 Å². The lowest BCUT2D eigenvalue weighted by Gasteiger charge is -2.37. The first-order chi connectivity index (χ1) is 12.9. The summed E-state index contributed by atoms with van der Waals surface area (Å²) in [5.74, 6) is -0.0444. The fraction of sp³-hybridized carbons (Fsp3) is 0.421. The second-order valence-corrected chi connectivity index (χ2v) is 7.02. The Morgan fingerprint density at radius 2 is 1.89 bits per heavy atom. The zero-order valence-corrected chi connectivity index (χ0v) is 15.6. The number of aryl methyl sites for hydroxylation is 2. The van der Waals surface area contributed by atoms with Gasteiger partial charge < -0.3 is 18.7 Å². The van der Waals surface area contributed by atoms with E-state index in [-0.39, 0.29) is 29.0 Å². The molecule has 0 amide bonds. The number of carbonyl (C=O) groups is 1. The topological polar surface area (TPSA) is 81.6 Å². The van der Waals surface area contributed by atoms with E-state index in [4.69, 9.17) is 13.8 Å². The molecule has 1 saturated heterocycles. The van der Waals surface area contributed by atoms with Gasteiger partial charge in [0.1, 0.15) is 11.5 Å². The molecule has 27 heavy (non-hydrogen) atoms. The first-order valence-electron chi connectivity index (χ1n) is 8.81. The van der Waals surface area contributed by atoms with E-state index in [0.29, 0.717) is 47.5 Å². The van der Waals surface area contributed by atoms with Gasteiger partial charge in [0.15, 0.2) is 12.1 Å². The monoisotopic (exact) mass is 373 g/mol. The van der Waals surface area contributed by atoms with E-state index >= 15 is 4.39 Å². The highest BCUT2D eigenvalue weighted by molar-refractivity contribution is 6.00. The van der Waals surface area contributed by atoms with Gasteiger partial charge in [0.2, 0.25) is 5.58 Å². The molecule has 4 rings (SSSR count). The van der Waals surface area contributed by atoms with E-state index in [1.165, 1.54) is 0 Å². The number of aromatic nitrogens is 2. The van der Waals surface area contributed by atoms with Crippen LogP contribution in [0, 0.1) is 19.7 Å². The molecule has 0 saturated carbocycles. The molecule has 142 valence electrons. The van der Waals surface area contributed by atoms with Gasteiger partial charge in [-0.15, -0.1) is 0 Å². The van der Waals surface area contributed by atoms with Crippen LogP contribution in [0.4, 0.5) is 10.1 Å². The van der Waals surface area contributed by atoms with Crippen LogP contribution in [0.1, 0.15) is 35.7 Å². The van der Waals surface area contributed by atoms with Crippen LogP contribution in [0.25, 0.3) is 22.2 Å². The van der Waals surface area contributed by atoms with Crippen LogP contribution >= 0.6 is 0 Å². The normalized spacial score (nSPS) is 20.4. The van der Waals surface area contributed by atoms with Crippen molar-refractivity contribution in [3.8, 4) is 11.3 Å². The minimum Gasteiger partial charge on any atom is -0.372 e. The van der Waals surface area contributed by atoms with Crippen molar-refractivity contribution in [2.24, 2.45) is 0 Å². The van der Waals surface area contributed by atoms with Crippen LogP contribution < -0.4 is 4.90 Å². The molecule has 0 aliphatic carbocycles. The zero-order valence-electron chi connectivity index (χ0n) is 15.6. The number of rotatable bonds is 3. The van der Waals surface area contributed by atoms with Gasteiger partial charge in [0.05, 0.1) is 34.5 Å². The fourth-order valence-corrected chi connectivity index (χ4v) is 3.82. The van der Waals surface area contributed by atoms with Gasteiger partial charge in [0, 0.05) is 18.7 Å². The maximum absolute atomic E-state index is 15.4. The second kappa shape index (κ2) is 6.45. The van der Waals surface area contributed by atoms with E-state index in [1.54, 1.807) is 19.9 Å². The summed E-state index contributed by atoms with van der Waals surface area (Å²) in [5, 5.41) is 8.37. The minimum atomic E-state index is -0.596. The number of anilines is 1. The lowest BCUT2D eigenvalue weighted by molar-refractivity contribution is -0.00543. The number of morpholine rings is 1. The van der Waals surface area contributed by atoms with Crippen LogP contribution in [-0.2, 0) is 4.74 Å². The molecule has 0 unspecified atom stereocenters. The number of halogens is 1. The highest BCUT2D eigenvalue weighted by Crippen LogP contribution is 2.38. The second-order valence-electron chi connectivity index (χ2n) is 7.02. The largest absolute Gasteiger partial charge is 0.372 e. The van der Waals surface area contributed by atoms with Crippen LogP contribution in [0.3, 0.4) is 0 Å². The molecule has 0 bridgehead atoms. The van der Waals surface area contributed by atoms with Crippen molar-refractivity contribution in [1.29, 1.82) is 0 Å². The van der Waals surface area contributed by atoms with E-state index in [9.17, 15) is 4.79 Å². The number of hydrogen-bond donors (Lipinski definition) is 0. The molecule has 1 aliphatic heterocycles. The Morgan fingerprint density at radius 3 is 2.48 bits per heavy atom. The lowest BCUT2D eigenvalue weighted by Crippen LogP contribution is -2.46. The number of nitrogens with zero attached hydrogens (tertiary/aromatic N) is 3. The first kappa shape index (κ1) is 17.7. The number of benzene rings is 1. The maximum Gasteiger partial charge on any atom is 0.205 e. The summed E-state index contributed by atoms with van der Waals surface area (Å²) in [6, 6.07) is 1.61. The standard InChI is InChI=1S/C19H20FN3O4/c1-9-6-23(7-10(2)25-9)18-13(8-24)5-14-17(22-27-19(14)16(18)20)15-11(3)21-26-12(15)4/h5,8-10H,6-7H2,1-4H3/t9-,10+. The maximum atomic E-state index is 15.4. The van der Waals surface area contributed by atoms with Crippen molar-refractivity contribution >= 4 is 22.9 Å². The summed E-state index contributed by atoms with van der Waals surface area (Å²) in [6.45, 7) is 8.33. The summed E-state index contributed by atoms with van der Waals surface area (Å²) in [4.78, 5) is 13.6. The molecule has 8 heteroatoms. The van der Waals surface area contributed by atoms with Crippen LogP contribution in [0.5, 0.6) is 0 Å². The van der Waals surface area contributed by atoms with Crippen LogP contribution in [0.2, 0.25) is 0 Å². The van der Waals surface area contributed by atoms with Gasteiger partial charge >= 0.3 is 0 Å². The third-order valence-electron chi connectivity index (χ3n) is 4.84. The van der Waals surface area contributed by atoms with Gasteiger partial charge in [-0.2, -0.15) is 0 Å². The number of ether oxygens (including phenoxy) is 1. The van der Waals surface area contributed by atoms with Gasteiger partial charge in [-0.3, -0.25) is 4.79 Å². The highest BCUT2D eigenvalue weighted by Gasteiger charge is 2.30. The molecule has 2 atom stereocenters. The Bertz CT molecular complexity index is 996. The average molecular weight is 373 g/mol. The summed E-state index contributed by atoms with van der Waals surface area (Å²) in [5.41, 5.74) is 2.16. The molecule has 1 fully saturated rings. The molecule has 0 N–H and O–H groups in total. The quantitative estimate of drug-likeness (QED) is 0.648. The van der Waals surface area contributed by atoms with Crippen molar-refractivity contribution < 1.29 is 23.0 Å². The third kappa shape index (κ3) is 2.80. The molecule has 3 aromatic rings. The van der Waals surface area contributed by atoms with E-state index in [2.05, 4.69) is 10.3 Å². The van der Waals surface area contributed by atoms with Gasteiger partial charge in [-0.05, 0) is 33.8 Å². The van der Waals surface area contributed by atoms with Gasteiger partial charge in [0.25, 0.3) is 0 Å². The Hall–Kier alpha value is -2.74. The number of hydrogen-bond acceptors (Lipinski definition) is 7. The molecule has 1 aromatic carbocycles. The van der Waals surface area contributed by atoms with E-state index in [1.807, 2.05) is 18.7 Å². The summed E-state index contributed by atoms with van der Waals surface area (Å²) >= 11 is 0. The predicted molar refractivity (Wildman–Crippen MR) is 96.5 cm³/mol. The molecule has 7 nitrogen and oxygen atoms in total. The molecule has 2 aromatic heterocycles. The lowest BCUT2D eigenvalue weighted by atomic mass is 10.0. The van der Waals surface area contributed by atoms with Crippen molar-refractivity contribution in [3.05, 3.63) is 28.9 Å². The van der Waals surface area contributed by atoms with Crippen LogP contribution in [-0.4, -0.2) is 41.9 Å². The first-order valence-corrected chi connectivity index (χ1v) is 8.81. The molecule has 0 spiro atoms. The highest BCUT2D eigenvalue weighted by atomic mass is 19.1. The predicted octanol–water partition coefficient (Wildman–Crippen LogP) is 3.66. The van der Waals surface area contributed by atoms with Crippen molar-refractivity contribution in [2.45, 2.75) is 39.9 Å². The summed E-state index contributed by atoms with van der Waals surface area (Å²) < 4.78 is 31.6. The van der Waals surface area contributed by atoms with Crippen molar-refractivity contribution in [1.82, 2.24) is 10.3 Å². The minimum absolute atomic E-state index is 0.0115. The fourth-order valence-electron chi connectivity index (χ4n) is 3.82. The van der Waals surface area contributed by atoms with E-state index in [0.717, 1.165) is 0 Å². The van der Waals surface area contributed by atoms with Gasteiger partial charge in [-0.1, -0.05) is 10.3 Å².